The van der Waals surface area contributed by atoms with Crippen LogP contribution in [0.1, 0.15) is 18.4 Å². The van der Waals surface area contributed by atoms with E-state index in [1.54, 1.807) is 37.5 Å². The summed E-state index contributed by atoms with van der Waals surface area (Å²) in [7, 11) is 3.82. The molecule has 1 amide bonds. The minimum atomic E-state index is -0.235. The molecular formula is C33H34N6O3. The molecule has 42 heavy (non-hydrogen) atoms. The predicted molar refractivity (Wildman–Crippen MR) is 167 cm³/mol. The van der Waals surface area contributed by atoms with Crippen LogP contribution in [0.2, 0.25) is 0 Å². The zero-order valence-corrected chi connectivity index (χ0v) is 23.7. The zero-order valence-electron chi connectivity index (χ0n) is 23.7. The van der Waals surface area contributed by atoms with Gasteiger partial charge in [-0.15, -0.1) is 0 Å². The van der Waals surface area contributed by atoms with Gasteiger partial charge in [-0.2, -0.15) is 0 Å². The van der Waals surface area contributed by atoms with Crippen molar-refractivity contribution in [3.8, 4) is 23.0 Å². The average molecular weight is 563 g/mol. The van der Waals surface area contributed by atoms with Gasteiger partial charge in [-0.1, -0.05) is 36.4 Å². The lowest BCUT2D eigenvalue weighted by atomic mass is 10.2. The molecule has 1 aliphatic rings. The van der Waals surface area contributed by atoms with Crippen LogP contribution < -0.4 is 25.8 Å². The quantitative estimate of drug-likeness (QED) is 0.105. The van der Waals surface area contributed by atoms with Gasteiger partial charge in [0.05, 0.1) is 11.4 Å². The molecule has 0 aliphatic heterocycles. The molecule has 1 aliphatic carbocycles. The highest BCUT2D eigenvalue weighted by Crippen LogP contribution is 2.33. The average Bonchev–Trinajstić information content (AvgIpc) is 3.85. The number of aliphatic imine (C=N–C) groups is 1. The summed E-state index contributed by atoms with van der Waals surface area (Å²) in [6.07, 6.45) is 7.49. The van der Waals surface area contributed by atoms with Crippen LogP contribution in [-0.4, -0.2) is 48.3 Å². The number of benzene rings is 3. The molecule has 1 saturated carbocycles. The predicted octanol–water partition coefficient (Wildman–Crippen LogP) is 6.33. The Bertz CT molecular complexity index is 1570. The van der Waals surface area contributed by atoms with Crippen molar-refractivity contribution in [2.45, 2.75) is 18.9 Å². The molecule has 0 radical (unpaired) electrons. The molecule has 5 rings (SSSR count). The molecule has 0 bridgehead atoms. The first-order valence-corrected chi connectivity index (χ1v) is 13.8. The Morgan fingerprint density at radius 2 is 1.64 bits per heavy atom. The number of nitrogens with two attached hydrogens (primary N) is 1. The highest BCUT2D eigenvalue weighted by molar-refractivity contribution is 6.07. The number of aromatic nitrogens is 1. The molecule has 1 heterocycles. The van der Waals surface area contributed by atoms with Gasteiger partial charge >= 0.3 is 0 Å². The number of nitrogens with one attached hydrogen (secondary N) is 2. The number of rotatable bonds is 12. The second-order valence-electron chi connectivity index (χ2n) is 9.85. The molecule has 1 fully saturated rings. The summed E-state index contributed by atoms with van der Waals surface area (Å²) < 4.78 is 12.1. The van der Waals surface area contributed by atoms with E-state index in [1.807, 2.05) is 72.8 Å². The Kier molecular flexibility index (Phi) is 9.10. The summed E-state index contributed by atoms with van der Waals surface area (Å²) in [5, 5.41) is 5.97. The van der Waals surface area contributed by atoms with Crippen LogP contribution in [0.5, 0.6) is 23.0 Å². The highest BCUT2D eigenvalue weighted by atomic mass is 16.5. The van der Waals surface area contributed by atoms with Crippen molar-refractivity contribution >= 4 is 28.9 Å². The number of hydrogen-bond donors (Lipinski definition) is 3. The normalized spacial score (nSPS) is 13.3. The Hall–Kier alpha value is -5.15. The molecule has 9 nitrogen and oxygen atoms in total. The number of amidine groups is 1. The second kappa shape index (κ2) is 13.5. The molecule has 0 saturated heterocycles. The molecule has 0 atom stereocenters. The van der Waals surface area contributed by atoms with E-state index >= 15 is 0 Å². The minimum absolute atomic E-state index is 0.176. The van der Waals surface area contributed by atoms with Gasteiger partial charge in [-0.05, 0) is 68.4 Å². The summed E-state index contributed by atoms with van der Waals surface area (Å²) in [6, 6.07) is 26.4. The smallest absolute Gasteiger partial charge is 0.248 e. The summed E-state index contributed by atoms with van der Waals surface area (Å²) >= 11 is 0. The molecular weight excluding hydrogens is 528 g/mol. The second-order valence-corrected chi connectivity index (χ2v) is 9.85. The van der Waals surface area contributed by atoms with Crippen molar-refractivity contribution in [1.29, 1.82) is 0 Å². The fourth-order valence-electron chi connectivity index (χ4n) is 4.32. The number of likely N-dealkylation sites (N-methyl/N-ethyl adjacent to an activating group) is 1. The minimum Gasteiger partial charge on any atom is -0.457 e. The van der Waals surface area contributed by atoms with Crippen LogP contribution in [0, 0.1) is 0 Å². The Morgan fingerprint density at radius 1 is 0.976 bits per heavy atom. The van der Waals surface area contributed by atoms with Crippen LogP contribution in [0.15, 0.2) is 108 Å². The van der Waals surface area contributed by atoms with Crippen molar-refractivity contribution in [3.05, 3.63) is 109 Å². The van der Waals surface area contributed by atoms with Gasteiger partial charge in [-0.25, -0.2) is 9.98 Å². The van der Waals surface area contributed by atoms with E-state index in [0.717, 1.165) is 12.3 Å². The number of hydrogen-bond acceptors (Lipinski definition) is 7. The molecule has 0 spiro atoms. The summed E-state index contributed by atoms with van der Waals surface area (Å²) in [6.45, 7) is 0.726. The molecule has 9 heteroatoms. The first-order chi connectivity index (χ1) is 20.5. The van der Waals surface area contributed by atoms with Crippen LogP contribution in [-0.2, 0) is 4.79 Å². The van der Waals surface area contributed by atoms with Gasteiger partial charge in [0.15, 0.2) is 0 Å². The number of amides is 1. The van der Waals surface area contributed by atoms with Crippen LogP contribution >= 0.6 is 0 Å². The number of nitrogens with zero attached hydrogens (tertiary/aromatic N) is 3. The van der Waals surface area contributed by atoms with Gasteiger partial charge in [0.2, 0.25) is 5.91 Å². The summed E-state index contributed by atoms with van der Waals surface area (Å²) in [5.41, 5.74) is 8.09. The lowest BCUT2D eigenvalue weighted by Gasteiger charge is -2.15. The third kappa shape index (κ3) is 7.52. The largest absolute Gasteiger partial charge is 0.457 e. The molecule has 4 N–H and O–H groups in total. The third-order valence-electron chi connectivity index (χ3n) is 6.67. The highest BCUT2D eigenvalue weighted by Gasteiger charge is 2.25. The summed E-state index contributed by atoms with van der Waals surface area (Å²) in [5.74, 6) is 2.93. The number of para-hydroxylation sites is 3. The maximum atomic E-state index is 12.6. The maximum absolute atomic E-state index is 12.6. The van der Waals surface area contributed by atoms with Crippen LogP contribution in [0.4, 0.5) is 17.2 Å². The van der Waals surface area contributed by atoms with E-state index in [2.05, 4.69) is 32.6 Å². The zero-order chi connectivity index (χ0) is 29.3. The number of carbonyl (C=O) groups is 1. The van der Waals surface area contributed by atoms with Gasteiger partial charge in [-0.3, -0.25) is 9.69 Å². The van der Waals surface area contributed by atoms with E-state index in [1.165, 1.54) is 12.8 Å². The van der Waals surface area contributed by atoms with E-state index in [0.29, 0.717) is 46.0 Å². The molecule has 214 valence electrons. The third-order valence-corrected chi connectivity index (χ3v) is 6.67. The number of ether oxygens (including phenoxy) is 2. The SMILES string of the molecule is CNc1nccc(Oc2ccc(Oc3ccccc3)cc2)c1C(N)=Nc1ccccc1NC(=O)/C=C/CN(C)C1CC1. The van der Waals surface area contributed by atoms with E-state index in [4.69, 9.17) is 15.2 Å². The Balaban J connectivity index is 1.33. The standard InChI is InChI=1S/C33H34N6O3/c1-35-33-31(29(20-21-36-33)42-26-18-16-25(17-19-26)41-24-9-4-3-5-10-24)32(34)38-28-12-7-6-11-27(28)37-30(40)13-8-22-39(2)23-14-15-23/h3-13,16-21,23H,14-15,22H2,1-2H3,(H2,34,38)(H,35,36)(H,37,40)/b13-8+. The van der Waals surface area contributed by atoms with Gasteiger partial charge in [0.25, 0.3) is 0 Å². The molecule has 4 aromatic rings. The Morgan fingerprint density at radius 3 is 2.36 bits per heavy atom. The lowest BCUT2D eigenvalue weighted by Crippen LogP contribution is -2.20. The maximum Gasteiger partial charge on any atom is 0.248 e. The number of anilines is 2. The lowest BCUT2D eigenvalue weighted by molar-refractivity contribution is -0.111. The topological polar surface area (TPSA) is 114 Å². The first-order valence-electron chi connectivity index (χ1n) is 13.8. The number of pyridine rings is 1. The summed E-state index contributed by atoms with van der Waals surface area (Å²) in [4.78, 5) is 23.9. The van der Waals surface area contributed by atoms with Crippen molar-refractivity contribution in [1.82, 2.24) is 9.88 Å². The van der Waals surface area contributed by atoms with Gasteiger partial charge in [0.1, 0.15) is 40.2 Å². The number of carbonyl (C=O) groups excluding carboxylic acids is 1. The molecule has 1 aromatic heterocycles. The van der Waals surface area contributed by atoms with E-state index in [-0.39, 0.29) is 11.7 Å². The van der Waals surface area contributed by atoms with Crippen molar-refractivity contribution < 1.29 is 14.3 Å². The van der Waals surface area contributed by atoms with Crippen molar-refractivity contribution in [2.75, 3.05) is 31.3 Å². The molecule has 3 aromatic carbocycles. The van der Waals surface area contributed by atoms with Gasteiger partial charge < -0.3 is 25.8 Å². The van der Waals surface area contributed by atoms with Gasteiger partial charge in [0, 0.05) is 38.0 Å². The van der Waals surface area contributed by atoms with Crippen molar-refractivity contribution in [3.63, 3.8) is 0 Å². The molecule has 0 unspecified atom stereocenters. The van der Waals surface area contributed by atoms with Crippen LogP contribution in [0.3, 0.4) is 0 Å². The van der Waals surface area contributed by atoms with Crippen LogP contribution in [0.25, 0.3) is 0 Å². The Labute approximate surface area is 245 Å². The fraction of sp³-hybridized carbons (Fsp3) is 0.182. The monoisotopic (exact) mass is 562 g/mol. The van der Waals surface area contributed by atoms with E-state index < -0.39 is 0 Å². The van der Waals surface area contributed by atoms with Crippen molar-refractivity contribution in [2.24, 2.45) is 10.7 Å². The fourth-order valence-corrected chi connectivity index (χ4v) is 4.32. The first kappa shape index (κ1) is 28.4. The van der Waals surface area contributed by atoms with E-state index in [9.17, 15) is 4.79 Å².